The van der Waals surface area contributed by atoms with E-state index in [1.165, 1.54) is 0 Å². The van der Waals surface area contributed by atoms with Crippen LogP contribution in [-0.2, 0) is 4.79 Å². The van der Waals surface area contributed by atoms with E-state index < -0.39 is 5.54 Å². The molecule has 0 saturated heterocycles. The van der Waals surface area contributed by atoms with Gasteiger partial charge >= 0.3 is 0 Å². The van der Waals surface area contributed by atoms with Crippen LogP contribution in [0.15, 0.2) is 0 Å². The van der Waals surface area contributed by atoms with Crippen LogP contribution in [0.5, 0.6) is 0 Å². The Labute approximate surface area is 136 Å². The summed E-state index contributed by atoms with van der Waals surface area (Å²) in [6.45, 7) is 5.11. The van der Waals surface area contributed by atoms with Gasteiger partial charge in [0.15, 0.2) is 0 Å². The fourth-order valence-electron chi connectivity index (χ4n) is 2.64. The Morgan fingerprint density at radius 3 is 2.15 bits per heavy atom. The van der Waals surface area contributed by atoms with E-state index in [-0.39, 0.29) is 30.7 Å². The lowest BCUT2D eigenvalue weighted by atomic mass is 9.97. The van der Waals surface area contributed by atoms with E-state index in [0.29, 0.717) is 18.5 Å². The van der Waals surface area contributed by atoms with Crippen molar-refractivity contribution in [3.8, 4) is 0 Å². The summed E-state index contributed by atoms with van der Waals surface area (Å²) >= 11 is 0. The van der Waals surface area contributed by atoms with Crippen molar-refractivity contribution in [2.24, 2.45) is 11.7 Å². The number of rotatable bonds is 6. The summed E-state index contributed by atoms with van der Waals surface area (Å²) in [4.78, 5) is 14.3. The Morgan fingerprint density at radius 1 is 1.25 bits per heavy atom. The Balaban J connectivity index is 0. The molecule has 1 amide bonds. The largest absolute Gasteiger partial charge is 0.353 e. The number of nitrogens with zero attached hydrogens (tertiary/aromatic N) is 1. The molecular weight excluding hydrogens is 297 g/mol. The molecule has 0 radical (unpaired) electrons. The second kappa shape index (κ2) is 9.82. The zero-order valence-corrected chi connectivity index (χ0v) is 14.8. The molecular formula is C14H31Cl2N3O. The highest BCUT2D eigenvalue weighted by atomic mass is 35.5. The number of hydrogen-bond acceptors (Lipinski definition) is 3. The molecule has 20 heavy (non-hydrogen) atoms. The van der Waals surface area contributed by atoms with Gasteiger partial charge in [0.25, 0.3) is 0 Å². The predicted octanol–water partition coefficient (Wildman–Crippen LogP) is 2.19. The predicted molar refractivity (Wildman–Crippen MR) is 89.8 cm³/mol. The first-order valence-electron chi connectivity index (χ1n) is 7.09. The van der Waals surface area contributed by atoms with Crippen LogP contribution in [0.25, 0.3) is 0 Å². The van der Waals surface area contributed by atoms with Crippen molar-refractivity contribution in [2.75, 3.05) is 20.6 Å². The standard InChI is InChI=1S/C14H29N3O.2ClH/c1-11(2)9-12(17(3)4)10-16-13(18)14(15)7-5-6-8-14;;/h11-12H,5-10,15H2,1-4H3,(H,16,18);2*1H. The van der Waals surface area contributed by atoms with E-state index in [1.807, 2.05) is 0 Å². The van der Waals surface area contributed by atoms with Gasteiger partial charge in [-0.25, -0.2) is 0 Å². The smallest absolute Gasteiger partial charge is 0.240 e. The fourth-order valence-corrected chi connectivity index (χ4v) is 2.64. The zero-order valence-electron chi connectivity index (χ0n) is 13.1. The highest BCUT2D eigenvalue weighted by molar-refractivity contribution is 5.86. The Hall–Kier alpha value is -0.0300. The van der Waals surface area contributed by atoms with E-state index in [1.54, 1.807) is 0 Å². The van der Waals surface area contributed by atoms with Crippen LogP contribution in [0.4, 0.5) is 0 Å². The van der Waals surface area contributed by atoms with Crippen LogP contribution in [-0.4, -0.2) is 43.0 Å². The van der Waals surface area contributed by atoms with Crippen molar-refractivity contribution in [3.63, 3.8) is 0 Å². The van der Waals surface area contributed by atoms with Crippen molar-refractivity contribution in [1.82, 2.24) is 10.2 Å². The third kappa shape index (κ3) is 6.61. The Kier molecular flexibility index (Phi) is 10.9. The van der Waals surface area contributed by atoms with Gasteiger partial charge in [0.1, 0.15) is 0 Å². The Morgan fingerprint density at radius 2 is 1.75 bits per heavy atom. The quantitative estimate of drug-likeness (QED) is 0.786. The molecule has 1 fully saturated rings. The van der Waals surface area contributed by atoms with Gasteiger partial charge in [-0.05, 0) is 39.3 Å². The maximum Gasteiger partial charge on any atom is 0.240 e. The van der Waals surface area contributed by atoms with Gasteiger partial charge in [-0.15, -0.1) is 24.8 Å². The van der Waals surface area contributed by atoms with Crippen LogP contribution in [0.1, 0.15) is 46.0 Å². The first-order valence-corrected chi connectivity index (χ1v) is 7.09. The highest BCUT2D eigenvalue weighted by Crippen LogP contribution is 2.27. The molecule has 3 N–H and O–H groups in total. The number of likely N-dealkylation sites (N-methyl/N-ethyl adjacent to an activating group) is 1. The summed E-state index contributed by atoms with van der Waals surface area (Å²) in [5.41, 5.74) is 5.54. The molecule has 4 nitrogen and oxygen atoms in total. The molecule has 0 aromatic rings. The number of carbonyl (C=O) groups excluding carboxylic acids is 1. The summed E-state index contributed by atoms with van der Waals surface area (Å²) in [7, 11) is 4.12. The van der Waals surface area contributed by atoms with E-state index >= 15 is 0 Å². The minimum atomic E-state index is -0.602. The Bertz CT molecular complexity index is 280. The molecule has 0 spiro atoms. The molecule has 0 aromatic heterocycles. The van der Waals surface area contributed by atoms with Gasteiger partial charge in [-0.2, -0.15) is 0 Å². The maximum absolute atomic E-state index is 12.1. The molecule has 1 aliphatic rings. The van der Waals surface area contributed by atoms with Crippen molar-refractivity contribution in [2.45, 2.75) is 57.5 Å². The molecule has 0 aliphatic heterocycles. The number of carbonyl (C=O) groups is 1. The van der Waals surface area contributed by atoms with Gasteiger partial charge in [0, 0.05) is 12.6 Å². The van der Waals surface area contributed by atoms with Crippen LogP contribution in [0.2, 0.25) is 0 Å². The van der Waals surface area contributed by atoms with Crippen molar-refractivity contribution in [3.05, 3.63) is 0 Å². The minimum absolute atomic E-state index is 0. The summed E-state index contributed by atoms with van der Waals surface area (Å²) in [6, 6.07) is 0.388. The number of halogens is 2. The SMILES string of the molecule is CC(C)CC(CNC(=O)C1(N)CCCC1)N(C)C.Cl.Cl. The van der Waals surface area contributed by atoms with Crippen molar-refractivity contribution < 1.29 is 4.79 Å². The van der Waals surface area contributed by atoms with E-state index in [4.69, 9.17) is 5.73 Å². The van der Waals surface area contributed by atoms with Crippen LogP contribution < -0.4 is 11.1 Å². The zero-order chi connectivity index (χ0) is 13.8. The third-order valence-electron chi connectivity index (χ3n) is 3.92. The number of nitrogens with two attached hydrogens (primary N) is 1. The molecule has 1 unspecified atom stereocenters. The summed E-state index contributed by atoms with van der Waals surface area (Å²) < 4.78 is 0. The van der Waals surface area contributed by atoms with Gasteiger partial charge in [0.05, 0.1) is 5.54 Å². The average Bonchev–Trinajstić information content (AvgIpc) is 2.71. The molecule has 1 aliphatic carbocycles. The summed E-state index contributed by atoms with van der Waals surface area (Å²) in [5.74, 6) is 0.670. The van der Waals surface area contributed by atoms with Gasteiger partial charge in [-0.3, -0.25) is 4.79 Å². The first-order chi connectivity index (χ1) is 8.35. The lowest BCUT2D eigenvalue weighted by Gasteiger charge is -2.29. The van der Waals surface area contributed by atoms with Gasteiger partial charge < -0.3 is 16.0 Å². The highest BCUT2D eigenvalue weighted by Gasteiger charge is 2.37. The molecule has 1 saturated carbocycles. The number of hydrogen-bond donors (Lipinski definition) is 2. The van der Waals surface area contributed by atoms with Crippen LogP contribution in [0.3, 0.4) is 0 Å². The van der Waals surface area contributed by atoms with Crippen LogP contribution >= 0.6 is 24.8 Å². The number of amides is 1. The molecule has 1 rings (SSSR count). The van der Waals surface area contributed by atoms with Crippen molar-refractivity contribution >= 4 is 30.7 Å². The lowest BCUT2D eigenvalue weighted by molar-refractivity contribution is -0.126. The molecule has 0 bridgehead atoms. The van der Waals surface area contributed by atoms with Crippen molar-refractivity contribution in [1.29, 1.82) is 0 Å². The monoisotopic (exact) mass is 327 g/mol. The topological polar surface area (TPSA) is 58.4 Å². The van der Waals surface area contributed by atoms with E-state index in [0.717, 1.165) is 32.1 Å². The fraction of sp³-hybridized carbons (Fsp3) is 0.929. The second-order valence-electron chi connectivity index (χ2n) is 6.32. The van der Waals surface area contributed by atoms with E-state index in [2.05, 4.69) is 38.2 Å². The second-order valence-corrected chi connectivity index (χ2v) is 6.32. The van der Waals surface area contributed by atoms with E-state index in [9.17, 15) is 4.79 Å². The molecule has 0 heterocycles. The molecule has 1 atom stereocenters. The first kappa shape index (κ1) is 22.3. The molecule has 0 aromatic carbocycles. The third-order valence-corrected chi connectivity index (χ3v) is 3.92. The normalized spacial score (nSPS) is 18.4. The lowest BCUT2D eigenvalue weighted by Crippen LogP contribution is -2.54. The minimum Gasteiger partial charge on any atom is -0.353 e. The summed E-state index contributed by atoms with van der Waals surface area (Å²) in [6.07, 6.45) is 4.90. The summed E-state index contributed by atoms with van der Waals surface area (Å²) in [5, 5.41) is 3.05. The average molecular weight is 328 g/mol. The molecule has 122 valence electrons. The molecule has 6 heteroatoms. The van der Waals surface area contributed by atoms with Gasteiger partial charge in [0.2, 0.25) is 5.91 Å². The number of nitrogens with one attached hydrogen (secondary N) is 1. The maximum atomic E-state index is 12.1. The van der Waals surface area contributed by atoms with Gasteiger partial charge in [-0.1, -0.05) is 26.7 Å². The van der Waals surface area contributed by atoms with Crippen LogP contribution in [0, 0.1) is 5.92 Å².